The second-order valence-corrected chi connectivity index (χ2v) is 7.62. The van der Waals surface area contributed by atoms with Crippen LogP contribution in [0.2, 0.25) is 10.0 Å². The minimum absolute atomic E-state index is 0.0268. The summed E-state index contributed by atoms with van der Waals surface area (Å²) in [6.45, 7) is 3.12. The molecule has 1 saturated heterocycles. The Balaban J connectivity index is 1.38. The van der Waals surface area contributed by atoms with Gasteiger partial charge in [0.15, 0.2) is 0 Å². The van der Waals surface area contributed by atoms with Crippen molar-refractivity contribution in [1.29, 1.82) is 0 Å². The standard InChI is InChI=1S/C20H22Cl2FN3O3/c21-15-3-1-14(2-4-15)20(28)24-26-9-7-25(8-10-26)12-16(27)13-29-17-5-6-18(22)19(23)11-17/h1-6,11,16,27H,7-10,12-13H2,(H,24,28). The number of nitrogens with zero attached hydrogens (tertiary/aromatic N) is 2. The van der Waals surface area contributed by atoms with Crippen LogP contribution in [0.15, 0.2) is 42.5 Å². The largest absolute Gasteiger partial charge is 0.491 e. The summed E-state index contributed by atoms with van der Waals surface area (Å²) in [5.41, 5.74) is 3.42. The minimum Gasteiger partial charge on any atom is -0.491 e. The first kappa shape index (κ1) is 21.8. The molecule has 3 rings (SSSR count). The fourth-order valence-electron chi connectivity index (χ4n) is 2.96. The van der Waals surface area contributed by atoms with E-state index in [0.717, 1.165) is 0 Å². The first-order chi connectivity index (χ1) is 13.9. The zero-order valence-corrected chi connectivity index (χ0v) is 17.2. The molecular weight excluding hydrogens is 420 g/mol. The van der Waals surface area contributed by atoms with Crippen molar-refractivity contribution >= 4 is 29.1 Å². The monoisotopic (exact) mass is 441 g/mol. The van der Waals surface area contributed by atoms with Crippen molar-refractivity contribution < 1.29 is 19.0 Å². The van der Waals surface area contributed by atoms with Crippen molar-refractivity contribution in [2.45, 2.75) is 6.10 Å². The van der Waals surface area contributed by atoms with Crippen LogP contribution in [-0.2, 0) is 0 Å². The zero-order valence-electron chi connectivity index (χ0n) is 15.7. The summed E-state index contributed by atoms with van der Waals surface area (Å²) in [6, 6.07) is 10.9. The second-order valence-electron chi connectivity index (χ2n) is 6.78. The van der Waals surface area contributed by atoms with Gasteiger partial charge in [-0.25, -0.2) is 9.40 Å². The Bertz CT molecular complexity index is 830. The summed E-state index contributed by atoms with van der Waals surface area (Å²) in [4.78, 5) is 14.3. The fraction of sp³-hybridized carbons (Fsp3) is 0.350. The molecule has 2 aromatic carbocycles. The van der Waals surface area contributed by atoms with Gasteiger partial charge in [0.25, 0.3) is 5.91 Å². The van der Waals surface area contributed by atoms with E-state index < -0.39 is 11.9 Å². The lowest BCUT2D eigenvalue weighted by Crippen LogP contribution is -2.54. The third kappa shape index (κ3) is 6.55. The molecule has 2 N–H and O–H groups in total. The van der Waals surface area contributed by atoms with Crippen LogP contribution >= 0.6 is 23.2 Å². The Morgan fingerprint density at radius 1 is 1.14 bits per heavy atom. The van der Waals surface area contributed by atoms with E-state index in [-0.39, 0.29) is 17.5 Å². The molecule has 1 atom stereocenters. The third-order valence-corrected chi connectivity index (χ3v) is 5.10. The Hall–Kier alpha value is -1.90. The lowest BCUT2D eigenvalue weighted by Gasteiger charge is -2.35. The second kappa shape index (κ2) is 10.2. The summed E-state index contributed by atoms with van der Waals surface area (Å²) < 4.78 is 18.8. The van der Waals surface area contributed by atoms with Crippen molar-refractivity contribution in [3.63, 3.8) is 0 Å². The van der Waals surface area contributed by atoms with Crippen molar-refractivity contribution in [3.05, 3.63) is 63.9 Å². The van der Waals surface area contributed by atoms with Gasteiger partial charge in [0.05, 0.1) is 5.02 Å². The highest BCUT2D eigenvalue weighted by atomic mass is 35.5. The number of carbonyl (C=O) groups excluding carboxylic acids is 1. The first-order valence-corrected chi connectivity index (χ1v) is 9.96. The molecule has 1 unspecified atom stereocenters. The Labute approximate surface area is 178 Å². The summed E-state index contributed by atoms with van der Waals surface area (Å²) in [6.07, 6.45) is -0.719. The number of rotatable bonds is 7. The molecule has 1 amide bonds. The van der Waals surface area contributed by atoms with Gasteiger partial charge in [0.2, 0.25) is 0 Å². The average molecular weight is 442 g/mol. The molecule has 156 valence electrons. The van der Waals surface area contributed by atoms with E-state index in [1.54, 1.807) is 30.3 Å². The molecule has 0 aliphatic carbocycles. The molecule has 1 heterocycles. The molecule has 29 heavy (non-hydrogen) atoms. The molecule has 9 heteroatoms. The number of hydrogen-bond acceptors (Lipinski definition) is 5. The SMILES string of the molecule is O=C(NN1CCN(CC(O)COc2ccc(Cl)c(F)c2)CC1)c1ccc(Cl)cc1. The van der Waals surface area contributed by atoms with Crippen molar-refractivity contribution in [2.24, 2.45) is 0 Å². The number of amides is 1. The van der Waals surface area contributed by atoms with Crippen LogP contribution in [0.4, 0.5) is 4.39 Å². The summed E-state index contributed by atoms with van der Waals surface area (Å²) >= 11 is 11.5. The average Bonchev–Trinajstić information content (AvgIpc) is 2.71. The molecule has 0 bridgehead atoms. The van der Waals surface area contributed by atoms with Crippen LogP contribution < -0.4 is 10.2 Å². The molecule has 1 fully saturated rings. The maximum Gasteiger partial charge on any atom is 0.265 e. The minimum atomic E-state index is -0.719. The molecule has 1 aliphatic heterocycles. The number of aliphatic hydroxyl groups excluding tert-OH is 1. The van der Waals surface area contributed by atoms with Gasteiger partial charge in [0.1, 0.15) is 24.3 Å². The Morgan fingerprint density at radius 2 is 1.83 bits per heavy atom. The van der Waals surface area contributed by atoms with Gasteiger partial charge in [-0.15, -0.1) is 0 Å². The van der Waals surface area contributed by atoms with Crippen LogP contribution in [-0.4, -0.2) is 66.4 Å². The lowest BCUT2D eigenvalue weighted by atomic mass is 10.2. The van der Waals surface area contributed by atoms with Gasteiger partial charge in [-0.1, -0.05) is 23.2 Å². The number of nitrogens with one attached hydrogen (secondary N) is 1. The van der Waals surface area contributed by atoms with Crippen molar-refractivity contribution in [1.82, 2.24) is 15.3 Å². The maximum absolute atomic E-state index is 13.4. The molecule has 2 aromatic rings. The Morgan fingerprint density at radius 3 is 2.48 bits per heavy atom. The highest BCUT2D eigenvalue weighted by Gasteiger charge is 2.21. The maximum atomic E-state index is 13.4. The van der Waals surface area contributed by atoms with Crippen LogP contribution in [0, 0.1) is 5.82 Å². The number of hydrogen-bond donors (Lipinski definition) is 2. The van der Waals surface area contributed by atoms with Crippen molar-refractivity contribution in [2.75, 3.05) is 39.3 Å². The number of ether oxygens (including phenoxy) is 1. The van der Waals surface area contributed by atoms with Crippen LogP contribution in [0.1, 0.15) is 10.4 Å². The predicted octanol–water partition coefficient (Wildman–Crippen LogP) is 2.83. The first-order valence-electron chi connectivity index (χ1n) is 9.20. The third-order valence-electron chi connectivity index (χ3n) is 4.54. The van der Waals surface area contributed by atoms with Crippen LogP contribution in [0.3, 0.4) is 0 Å². The normalized spacial score (nSPS) is 16.4. The van der Waals surface area contributed by atoms with Gasteiger partial charge in [-0.3, -0.25) is 15.1 Å². The number of benzene rings is 2. The van der Waals surface area contributed by atoms with E-state index in [0.29, 0.717) is 49.1 Å². The smallest absolute Gasteiger partial charge is 0.265 e. The van der Waals surface area contributed by atoms with Gasteiger partial charge in [-0.05, 0) is 36.4 Å². The summed E-state index contributed by atoms with van der Waals surface area (Å²) in [7, 11) is 0. The predicted molar refractivity (Wildman–Crippen MR) is 110 cm³/mol. The van der Waals surface area contributed by atoms with Gasteiger partial charge >= 0.3 is 0 Å². The Kier molecular flexibility index (Phi) is 7.69. The molecule has 0 spiro atoms. The van der Waals surface area contributed by atoms with Gasteiger partial charge < -0.3 is 9.84 Å². The highest BCUT2D eigenvalue weighted by molar-refractivity contribution is 6.31. The van der Waals surface area contributed by atoms with E-state index in [1.807, 2.05) is 5.01 Å². The number of halogens is 3. The molecule has 6 nitrogen and oxygen atoms in total. The fourth-order valence-corrected chi connectivity index (χ4v) is 3.21. The molecule has 0 radical (unpaired) electrons. The molecule has 0 saturated carbocycles. The summed E-state index contributed by atoms with van der Waals surface area (Å²) in [5, 5.41) is 12.7. The van der Waals surface area contributed by atoms with E-state index in [1.165, 1.54) is 12.1 Å². The van der Waals surface area contributed by atoms with Crippen molar-refractivity contribution in [3.8, 4) is 5.75 Å². The zero-order chi connectivity index (χ0) is 20.8. The highest BCUT2D eigenvalue weighted by Crippen LogP contribution is 2.20. The number of carbonyl (C=O) groups is 1. The number of β-amino-alcohol motifs (C(OH)–C–C–N with tert-alkyl or cyclic N) is 1. The topological polar surface area (TPSA) is 65.0 Å². The van der Waals surface area contributed by atoms with E-state index in [4.69, 9.17) is 27.9 Å². The quantitative estimate of drug-likeness (QED) is 0.691. The summed E-state index contributed by atoms with van der Waals surface area (Å²) in [5.74, 6) is -0.421. The van der Waals surface area contributed by atoms with E-state index >= 15 is 0 Å². The number of aliphatic hydroxyl groups is 1. The number of piperazine rings is 1. The van der Waals surface area contributed by atoms with E-state index in [2.05, 4.69) is 10.3 Å². The van der Waals surface area contributed by atoms with Crippen LogP contribution in [0.25, 0.3) is 0 Å². The lowest BCUT2D eigenvalue weighted by molar-refractivity contribution is 0.0316. The van der Waals surface area contributed by atoms with E-state index in [9.17, 15) is 14.3 Å². The van der Waals surface area contributed by atoms with Gasteiger partial charge in [0, 0.05) is 49.4 Å². The number of hydrazine groups is 1. The van der Waals surface area contributed by atoms with Gasteiger partial charge in [-0.2, -0.15) is 0 Å². The molecular formula is C20H22Cl2FN3O3. The molecule has 0 aromatic heterocycles. The van der Waals surface area contributed by atoms with Crippen LogP contribution in [0.5, 0.6) is 5.75 Å². The molecule has 1 aliphatic rings.